The molecule has 1 fully saturated rings. The fourth-order valence-corrected chi connectivity index (χ4v) is 3.66. The van der Waals surface area contributed by atoms with Crippen LogP contribution < -0.4 is 10.5 Å². The van der Waals surface area contributed by atoms with E-state index >= 15 is 0 Å². The maximum Gasteiger partial charge on any atom is 0.125 e. The zero-order valence-corrected chi connectivity index (χ0v) is 12.7. The molecule has 110 valence electrons. The third kappa shape index (κ3) is 2.67. The lowest BCUT2D eigenvalue weighted by Crippen LogP contribution is -2.45. The van der Waals surface area contributed by atoms with Gasteiger partial charge >= 0.3 is 0 Å². The Kier molecular flexibility index (Phi) is 3.93. The third-order valence-electron chi connectivity index (χ3n) is 4.64. The second-order valence-corrected chi connectivity index (χ2v) is 6.50. The predicted molar refractivity (Wildman–Crippen MR) is 80.5 cm³/mol. The van der Waals surface area contributed by atoms with Gasteiger partial charge in [-0.2, -0.15) is 0 Å². The first-order chi connectivity index (χ1) is 9.62. The number of hydrogen-bond acceptors (Lipinski definition) is 3. The molecule has 0 radical (unpaired) electrons. The highest BCUT2D eigenvalue weighted by Crippen LogP contribution is 2.40. The molecule has 20 heavy (non-hydrogen) atoms. The number of rotatable bonds is 5. The maximum atomic E-state index is 6.34. The van der Waals surface area contributed by atoms with E-state index in [-0.39, 0.29) is 11.6 Å². The monoisotopic (exact) mass is 295 g/mol. The summed E-state index contributed by atoms with van der Waals surface area (Å²) in [6.07, 6.45) is 6.15. The smallest absolute Gasteiger partial charge is 0.125 e. The first kappa shape index (κ1) is 14.2. The molecule has 3 rings (SSSR count). The Hall–Kier alpha value is -0.770. The SMILES string of the molecule is COC1(CC(N)Cc2cc(Cl)cc3c2OCC3)CCC1. The van der Waals surface area contributed by atoms with Crippen LogP contribution in [0.4, 0.5) is 0 Å². The van der Waals surface area contributed by atoms with E-state index in [9.17, 15) is 0 Å². The first-order valence-electron chi connectivity index (χ1n) is 7.37. The molecule has 0 spiro atoms. The summed E-state index contributed by atoms with van der Waals surface area (Å²) >= 11 is 6.19. The molecule has 0 amide bonds. The summed E-state index contributed by atoms with van der Waals surface area (Å²) in [7, 11) is 1.80. The number of methoxy groups -OCH3 is 1. The molecular weight excluding hydrogens is 274 g/mol. The molecule has 1 atom stereocenters. The minimum absolute atomic E-state index is 0.0159. The summed E-state index contributed by atoms with van der Waals surface area (Å²) in [5.74, 6) is 1.00. The molecule has 2 aliphatic rings. The molecule has 0 aromatic heterocycles. The van der Waals surface area contributed by atoms with Crippen molar-refractivity contribution in [3.63, 3.8) is 0 Å². The van der Waals surface area contributed by atoms with Gasteiger partial charge in [0.05, 0.1) is 12.2 Å². The number of nitrogens with two attached hydrogens (primary N) is 1. The molecule has 3 nitrogen and oxygen atoms in total. The summed E-state index contributed by atoms with van der Waals surface area (Å²) in [4.78, 5) is 0. The lowest BCUT2D eigenvalue weighted by atomic mass is 9.75. The van der Waals surface area contributed by atoms with Gasteiger partial charge in [0.1, 0.15) is 5.75 Å². The highest BCUT2D eigenvalue weighted by molar-refractivity contribution is 6.30. The van der Waals surface area contributed by atoms with Crippen molar-refractivity contribution in [2.24, 2.45) is 5.73 Å². The normalized spacial score (nSPS) is 20.9. The number of fused-ring (bicyclic) bond motifs is 1. The van der Waals surface area contributed by atoms with Gasteiger partial charge in [0, 0.05) is 24.6 Å². The maximum absolute atomic E-state index is 6.34. The van der Waals surface area contributed by atoms with Gasteiger partial charge in [-0.1, -0.05) is 11.6 Å². The second kappa shape index (κ2) is 5.55. The van der Waals surface area contributed by atoms with Crippen LogP contribution in [0.15, 0.2) is 12.1 Å². The van der Waals surface area contributed by atoms with Crippen molar-refractivity contribution in [2.75, 3.05) is 13.7 Å². The van der Waals surface area contributed by atoms with E-state index in [1.54, 1.807) is 7.11 Å². The van der Waals surface area contributed by atoms with Gasteiger partial charge in [0.15, 0.2) is 0 Å². The van der Waals surface area contributed by atoms with E-state index < -0.39 is 0 Å². The fourth-order valence-electron chi connectivity index (χ4n) is 3.39. The Morgan fingerprint density at radius 1 is 1.45 bits per heavy atom. The number of halogens is 1. The average molecular weight is 296 g/mol. The Balaban J connectivity index is 1.71. The van der Waals surface area contributed by atoms with Crippen LogP contribution in [-0.4, -0.2) is 25.4 Å². The molecule has 1 aliphatic carbocycles. The van der Waals surface area contributed by atoms with Gasteiger partial charge in [-0.15, -0.1) is 0 Å². The molecule has 0 bridgehead atoms. The standard InChI is InChI=1S/C16H22ClNO2/c1-19-16(4-2-5-16)10-14(18)9-12-8-13(17)7-11-3-6-20-15(11)12/h7-8,14H,2-6,9-10,18H2,1H3. The van der Waals surface area contributed by atoms with E-state index in [0.717, 1.165) is 55.0 Å². The van der Waals surface area contributed by atoms with Crippen LogP contribution in [0, 0.1) is 0 Å². The third-order valence-corrected chi connectivity index (χ3v) is 4.86. The molecule has 1 unspecified atom stereocenters. The minimum atomic E-state index is 0.0159. The highest BCUT2D eigenvalue weighted by Gasteiger charge is 2.38. The zero-order valence-electron chi connectivity index (χ0n) is 12.0. The minimum Gasteiger partial charge on any atom is -0.493 e. The molecule has 4 heteroatoms. The van der Waals surface area contributed by atoms with Crippen LogP contribution in [0.25, 0.3) is 0 Å². The predicted octanol–water partition coefficient (Wildman–Crippen LogP) is 3.10. The summed E-state index contributed by atoms with van der Waals surface area (Å²) in [6.45, 7) is 0.750. The quantitative estimate of drug-likeness (QED) is 0.908. The van der Waals surface area contributed by atoms with Gasteiger partial charge in [-0.25, -0.2) is 0 Å². The zero-order chi connectivity index (χ0) is 14.2. The van der Waals surface area contributed by atoms with Gasteiger partial charge in [0.25, 0.3) is 0 Å². The number of ether oxygens (including phenoxy) is 2. The summed E-state index contributed by atoms with van der Waals surface area (Å²) in [5.41, 5.74) is 8.71. The Morgan fingerprint density at radius 3 is 2.90 bits per heavy atom. The van der Waals surface area contributed by atoms with Crippen LogP contribution in [-0.2, 0) is 17.6 Å². The van der Waals surface area contributed by atoms with E-state index in [0.29, 0.717) is 0 Å². The van der Waals surface area contributed by atoms with E-state index in [4.69, 9.17) is 26.8 Å². The molecule has 1 aromatic carbocycles. The van der Waals surface area contributed by atoms with Crippen LogP contribution >= 0.6 is 11.6 Å². The topological polar surface area (TPSA) is 44.5 Å². The fraction of sp³-hybridized carbons (Fsp3) is 0.625. The van der Waals surface area contributed by atoms with Gasteiger partial charge in [-0.05, 0) is 55.4 Å². The van der Waals surface area contributed by atoms with E-state index in [1.165, 1.54) is 12.0 Å². The summed E-state index contributed by atoms with van der Waals surface area (Å²) < 4.78 is 11.4. The van der Waals surface area contributed by atoms with Crippen molar-refractivity contribution >= 4 is 11.6 Å². The van der Waals surface area contributed by atoms with Crippen molar-refractivity contribution in [3.05, 3.63) is 28.3 Å². The average Bonchev–Trinajstić information content (AvgIpc) is 2.82. The molecule has 1 aromatic rings. The Bertz CT molecular complexity index is 494. The molecular formula is C16H22ClNO2. The largest absolute Gasteiger partial charge is 0.493 e. The number of benzene rings is 1. The van der Waals surface area contributed by atoms with Crippen LogP contribution in [0.3, 0.4) is 0 Å². The summed E-state index contributed by atoms with van der Waals surface area (Å²) in [5, 5.41) is 0.779. The van der Waals surface area contributed by atoms with E-state index in [2.05, 4.69) is 0 Å². The lowest BCUT2D eigenvalue weighted by Gasteiger charge is -2.42. The Morgan fingerprint density at radius 2 is 2.25 bits per heavy atom. The highest BCUT2D eigenvalue weighted by atomic mass is 35.5. The second-order valence-electron chi connectivity index (χ2n) is 6.06. The van der Waals surface area contributed by atoms with Crippen molar-refractivity contribution in [2.45, 2.75) is 50.2 Å². The Labute approximate surface area is 125 Å². The molecule has 1 saturated carbocycles. The first-order valence-corrected chi connectivity index (χ1v) is 7.74. The molecule has 2 N–H and O–H groups in total. The van der Waals surface area contributed by atoms with Gasteiger partial charge in [0.2, 0.25) is 0 Å². The lowest BCUT2D eigenvalue weighted by molar-refractivity contribution is -0.0813. The van der Waals surface area contributed by atoms with Crippen molar-refractivity contribution in [3.8, 4) is 5.75 Å². The van der Waals surface area contributed by atoms with Crippen LogP contribution in [0.2, 0.25) is 5.02 Å². The van der Waals surface area contributed by atoms with Crippen molar-refractivity contribution < 1.29 is 9.47 Å². The van der Waals surface area contributed by atoms with Crippen LogP contribution in [0.5, 0.6) is 5.75 Å². The van der Waals surface area contributed by atoms with Crippen molar-refractivity contribution in [1.82, 2.24) is 0 Å². The van der Waals surface area contributed by atoms with E-state index in [1.807, 2.05) is 12.1 Å². The molecule has 0 saturated heterocycles. The van der Waals surface area contributed by atoms with Gasteiger partial charge < -0.3 is 15.2 Å². The van der Waals surface area contributed by atoms with Crippen molar-refractivity contribution in [1.29, 1.82) is 0 Å². The van der Waals surface area contributed by atoms with Crippen LogP contribution in [0.1, 0.15) is 36.8 Å². The molecule has 1 heterocycles. The van der Waals surface area contributed by atoms with Gasteiger partial charge in [-0.3, -0.25) is 0 Å². The summed E-state index contributed by atoms with van der Waals surface area (Å²) in [6, 6.07) is 4.08. The molecule has 1 aliphatic heterocycles. The number of hydrogen-bond donors (Lipinski definition) is 1.